The summed E-state index contributed by atoms with van der Waals surface area (Å²) in [6.07, 6.45) is 0. The fourth-order valence-corrected chi connectivity index (χ4v) is 2.20. The Labute approximate surface area is 102 Å². The Morgan fingerprint density at radius 2 is 2.17 bits per heavy atom. The van der Waals surface area contributed by atoms with E-state index in [-0.39, 0.29) is 5.69 Å². The quantitative estimate of drug-likeness (QED) is 0.753. The van der Waals surface area contributed by atoms with Crippen LogP contribution in [0.15, 0.2) is 28.7 Å². The number of aromatic nitrogens is 1. The van der Waals surface area contributed by atoms with E-state index < -0.39 is 5.97 Å². The summed E-state index contributed by atoms with van der Waals surface area (Å²) in [6, 6.07) is 7.16. The standard InChI is InChI=1S/C13H11NO4/c1-14-9(13(15)16)6-8-7-4-3-5-10(17-2)11(7)18-12(8)14/h3-6H,1-2H3,(H,15,16). The van der Waals surface area contributed by atoms with Gasteiger partial charge >= 0.3 is 5.97 Å². The zero-order valence-corrected chi connectivity index (χ0v) is 9.93. The van der Waals surface area contributed by atoms with E-state index >= 15 is 0 Å². The topological polar surface area (TPSA) is 64.6 Å². The van der Waals surface area contributed by atoms with Gasteiger partial charge in [0.25, 0.3) is 0 Å². The van der Waals surface area contributed by atoms with E-state index in [4.69, 9.17) is 14.3 Å². The minimum atomic E-state index is -0.972. The summed E-state index contributed by atoms with van der Waals surface area (Å²) in [7, 11) is 3.24. The third kappa shape index (κ3) is 1.24. The molecule has 0 aliphatic rings. The molecule has 1 N–H and O–H groups in total. The second kappa shape index (κ2) is 3.53. The molecule has 2 aromatic heterocycles. The summed E-state index contributed by atoms with van der Waals surface area (Å²) >= 11 is 0. The Bertz CT molecular complexity index is 766. The number of benzene rings is 1. The molecule has 0 spiro atoms. The fraction of sp³-hybridized carbons (Fsp3) is 0.154. The highest BCUT2D eigenvalue weighted by Crippen LogP contribution is 2.35. The van der Waals surface area contributed by atoms with Gasteiger partial charge in [-0.05, 0) is 12.1 Å². The van der Waals surface area contributed by atoms with Gasteiger partial charge in [0.2, 0.25) is 5.71 Å². The van der Waals surface area contributed by atoms with Crippen LogP contribution in [0.4, 0.5) is 0 Å². The van der Waals surface area contributed by atoms with Gasteiger partial charge in [-0.1, -0.05) is 12.1 Å². The van der Waals surface area contributed by atoms with Crippen molar-refractivity contribution in [2.75, 3.05) is 7.11 Å². The molecule has 18 heavy (non-hydrogen) atoms. The van der Waals surface area contributed by atoms with Gasteiger partial charge in [-0.25, -0.2) is 4.79 Å². The number of furan rings is 1. The molecule has 0 aliphatic carbocycles. The van der Waals surface area contributed by atoms with Crippen molar-refractivity contribution in [3.05, 3.63) is 30.0 Å². The summed E-state index contributed by atoms with van der Waals surface area (Å²) < 4.78 is 12.5. The number of rotatable bonds is 2. The highest BCUT2D eigenvalue weighted by molar-refractivity contribution is 6.08. The van der Waals surface area contributed by atoms with Crippen LogP contribution in [-0.4, -0.2) is 22.8 Å². The van der Waals surface area contributed by atoms with E-state index in [1.807, 2.05) is 18.2 Å². The van der Waals surface area contributed by atoms with Gasteiger partial charge in [0.1, 0.15) is 5.69 Å². The van der Waals surface area contributed by atoms with Gasteiger partial charge < -0.3 is 18.8 Å². The Morgan fingerprint density at radius 3 is 2.83 bits per heavy atom. The van der Waals surface area contributed by atoms with Gasteiger partial charge in [0, 0.05) is 17.8 Å². The third-order valence-electron chi connectivity index (χ3n) is 3.08. The zero-order valence-electron chi connectivity index (χ0n) is 9.93. The monoisotopic (exact) mass is 245 g/mol. The summed E-state index contributed by atoms with van der Waals surface area (Å²) in [4.78, 5) is 11.1. The van der Waals surface area contributed by atoms with Gasteiger partial charge in [0.15, 0.2) is 11.3 Å². The van der Waals surface area contributed by atoms with Crippen LogP contribution in [0.5, 0.6) is 5.75 Å². The summed E-state index contributed by atoms with van der Waals surface area (Å²) in [5.74, 6) is -0.333. The lowest BCUT2D eigenvalue weighted by Crippen LogP contribution is -2.03. The van der Waals surface area contributed by atoms with E-state index in [9.17, 15) is 4.79 Å². The number of carboxylic acid groups (broad SMARTS) is 1. The first-order valence-corrected chi connectivity index (χ1v) is 5.41. The van der Waals surface area contributed by atoms with Crippen LogP contribution in [0, 0.1) is 0 Å². The van der Waals surface area contributed by atoms with E-state index in [0.717, 1.165) is 10.8 Å². The van der Waals surface area contributed by atoms with Gasteiger partial charge in [-0.2, -0.15) is 0 Å². The lowest BCUT2D eigenvalue weighted by atomic mass is 10.2. The molecule has 92 valence electrons. The maximum atomic E-state index is 11.1. The van der Waals surface area contributed by atoms with E-state index in [1.54, 1.807) is 20.2 Å². The van der Waals surface area contributed by atoms with Gasteiger partial charge in [-0.3, -0.25) is 0 Å². The summed E-state index contributed by atoms with van der Waals surface area (Å²) in [5, 5.41) is 10.7. The predicted octanol–water partition coefficient (Wildman–Crippen LogP) is 2.63. The zero-order chi connectivity index (χ0) is 12.9. The molecule has 0 atom stereocenters. The van der Waals surface area contributed by atoms with E-state index in [0.29, 0.717) is 17.0 Å². The number of aryl methyl sites for hydroxylation is 1. The number of nitrogens with zero attached hydrogens (tertiary/aromatic N) is 1. The maximum Gasteiger partial charge on any atom is 0.352 e. The van der Waals surface area contributed by atoms with Crippen molar-refractivity contribution in [1.29, 1.82) is 0 Å². The molecule has 3 rings (SSSR count). The normalized spacial score (nSPS) is 11.2. The molecule has 2 heterocycles. The molecule has 1 aromatic carbocycles. The number of methoxy groups -OCH3 is 1. The van der Waals surface area contributed by atoms with Crippen molar-refractivity contribution in [2.24, 2.45) is 7.05 Å². The molecule has 0 aliphatic heterocycles. The molecule has 5 heteroatoms. The van der Waals surface area contributed by atoms with Gasteiger partial charge in [0.05, 0.1) is 7.11 Å². The van der Waals surface area contributed by atoms with Crippen molar-refractivity contribution in [3.63, 3.8) is 0 Å². The van der Waals surface area contributed by atoms with Crippen LogP contribution in [0.1, 0.15) is 10.5 Å². The largest absolute Gasteiger partial charge is 0.493 e. The summed E-state index contributed by atoms with van der Waals surface area (Å²) in [6.45, 7) is 0. The molecule has 0 amide bonds. The SMILES string of the molecule is COc1cccc2c1oc1c2cc(C(=O)O)n1C. The van der Waals surface area contributed by atoms with Crippen LogP contribution in [-0.2, 0) is 7.05 Å². The van der Waals surface area contributed by atoms with Crippen molar-refractivity contribution in [1.82, 2.24) is 4.57 Å². The molecule has 0 unspecified atom stereocenters. The average molecular weight is 245 g/mol. The Morgan fingerprint density at radius 1 is 1.39 bits per heavy atom. The minimum absolute atomic E-state index is 0.202. The Hall–Kier alpha value is -2.43. The lowest BCUT2D eigenvalue weighted by Gasteiger charge is -2.00. The highest BCUT2D eigenvalue weighted by atomic mass is 16.5. The highest BCUT2D eigenvalue weighted by Gasteiger charge is 2.19. The molecular formula is C13H11NO4. The molecule has 0 radical (unpaired) electrons. The van der Waals surface area contributed by atoms with Crippen LogP contribution < -0.4 is 4.74 Å². The summed E-state index contributed by atoms with van der Waals surface area (Å²) in [5.41, 5.74) is 1.37. The van der Waals surface area contributed by atoms with Crippen molar-refractivity contribution in [3.8, 4) is 5.75 Å². The molecule has 0 fully saturated rings. The van der Waals surface area contributed by atoms with Crippen molar-refractivity contribution >= 4 is 28.0 Å². The second-order valence-electron chi connectivity index (χ2n) is 4.05. The van der Waals surface area contributed by atoms with Crippen LogP contribution >= 0.6 is 0 Å². The van der Waals surface area contributed by atoms with Crippen LogP contribution in [0.25, 0.3) is 22.1 Å². The smallest absolute Gasteiger partial charge is 0.352 e. The maximum absolute atomic E-state index is 11.1. The Kier molecular flexibility index (Phi) is 2.10. The predicted molar refractivity (Wildman–Crippen MR) is 66.2 cm³/mol. The molecule has 0 bridgehead atoms. The molecule has 0 saturated carbocycles. The fourth-order valence-electron chi connectivity index (χ4n) is 2.20. The number of carbonyl (C=O) groups is 1. The number of para-hydroxylation sites is 1. The van der Waals surface area contributed by atoms with Gasteiger partial charge in [-0.15, -0.1) is 0 Å². The molecular weight excluding hydrogens is 234 g/mol. The van der Waals surface area contributed by atoms with Crippen molar-refractivity contribution < 1.29 is 19.1 Å². The number of fused-ring (bicyclic) bond motifs is 3. The third-order valence-corrected chi connectivity index (χ3v) is 3.08. The first-order valence-electron chi connectivity index (χ1n) is 5.41. The molecule has 0 saturated heterocycles. The molecule has 3 aromatic rings. The first kappa shape index (κ1) is 10.7. The number of hydrogen-bond donors (Lipinski definition) is 1. The lowest BCUT2D eigenvalue weighted by molar-refractivity contribution is 0.0686. The number of aromatic carboxylic acids is 1. The van der Waals surface area contributed by atoms with Crippen LogP contribution in [0.3, 0.4) is 0 Å². The number of carboxylic acids is 1. The second-order valence-corrected chi connectivity index (χ2v) is 4.05. The van der Waals surface area contributed by atoms with E-state index in [1.165, 1.54) is 4.57 Å². The molecule has 5 nitrogen and oxygen atoms in total. The average Bonchev–Trinajstić information content (AvgIpc) is 2.87. The number of hydrogen-bond acceptors (Lipinski definition) is 3. The van der Waals surface area contributed by atoms with Crippen molar-refractivity contribution in [2.45, 2.75) is 0 Å². The van der Waals surface area contributed by atoms with E-state index in [2.05, 4.69) is 0 Å². The van der Waals surface area contributed by atoms with Crippen LogP contribution in [0.2, 0.25) is 0 Å². The number of ether oxygens (including phenoxy) is 1. The minimum Gasteiger partial charge on any atom is -0.493 e. The Balaban J connectivity index is 2.44. The first-order chi connectivity index (χ1) is 8.63.